The Kier molecular flexibility index (Phi) is 7.49. The van der Waals surface area contributed by atoms with Crippen LogP contribution >= 0.6 is 23.2 Å². The second-order valence-corrected chi connectivity index (χ2v) is 17.0. The number of para-hydroxylation sites is 2. The predicted octanol–water partition coefficient (Wildman–Crippen LogP) is 4.88. The van der Waals surface area contributed by atoms with Gasteiger partial charge in [0.05, 0.1) is 94.8 Å². The third kappa shape index (κ3) is 4.54. The fraction of sp³-hybridized carbons (Fsp3) is 0.318. The lowest BCUT2D eigenvalue weighted by Crippen LogP contribution is -2.50. The number of carbonyl (C=O) groups is 4. The van der Waals surface area contributed by atoms with Crippen molar-refractivity contribution in [1.29, 1.82) is 0 Å². The number of anilines is 2. The maximum atomic E-state index is 14.3. The van der Waals surface area contributed by atoms with Crippen molar-refractivity contribution >= 4 is 69.6 Å². The van der Waals surface area contributed by atoms with Gasteiger partial charge in [0.2, 0.25) is 23.6 Å². The Bertz CT molecular complexity index is 2350. The number of hydrogen-bond donors (Lipinski definition) is 0. The van der Waals surface area contributed by atoms with Crippen molar-refractivity contribution in [2.24, 2.45) is 45.7 Å². The van der Waals surface area contributed by atoms with Crippen molar-refractivity contribution in [3.63, 3.8) is 0 Å². The van der Waals surface area contributed by atoms with Gasteiger partial charge < -0.3 is 9.47 Å². The van der Waals surface area contributed by atoms with E-state index in [1.807, 2.05) is 119 Å². The van der Waals surface area contributed by atoms with E-state index in [1.165, 1.54) is 9.80 Å². The molecule has 12 atom stereocenters. The predicted molar refractivity (Wildman–Crippen MR) is 213 cm³/mol. The van der Waals surface area contributed by atoms with Gasteiger partial charge in [-0.25, -0.2) is 0 Å². The van der Waals surface area contributed by atoms with E-state index in [4.69, 9.17) is 42.9 Å². The van der Waals surface area contributed by atoms with E-state index in [1.54, 1.807) is 0 Å². The van der Waals surface area contributed by atoms with Crippen molar-refractivity contribution in [3.05, 3.63) is 130 Å². The van der Waals surface area contributed by atoms with Crippen molar-refractivity contribution < 1.29 is 28.7 Å². The van der Waals surface area contributed by atoms with Gasteiger partial charge in [0.25, 0.3) is 0 Å². The molecule has 0 aliphatic carbocycles. The molecular weight excluding hydrogens is 779 g/mol. The average Bonchev–Trinajstić information content (AvgIpc) is 4.12. The number of carbonyl (C=O) groups excluding carboxylic acids is 4. The smallest absolute Gasteiger partial charge is 0.235 e. The molecule has 6 fully saturated rings. The molecule has 8 heterocycles. The zero-order chi connectivity index (χ0) is 39.1. The highest BCUT2D eigenvalue weighted by molar-refractivity contribution is 6.35. The second-order valence-electron chi connectivity index (χ2n) is 16.2. The van der Waals surface area contributed by atoms with Crippen LogP contribution in [0.5, 0.6) is 0 Å². The van der Waals surface area contributed by atoms with E-state index in [2.05, 4.69) is 0 Å². The molecule has 0 unspecified atom stereocenters. The summed E-state index contributed by atoms with van der Waals surface area (Å²) >= 11 is 13.4. The molecule has 4 aromatic rings. The maximum absolute atomic E-state index is 14.3. The molecule has 0 aromatic heterocycles. The molecular formula is C44H34Cl2N6O6. The minimum absolute atomic E-state index is 0.101. The lowest BCUT2D eigenvalue weighted by Gasteiger charge is -2.32. The number of fused-ring (bicyclic) bond motifs is 16. The molecule has 0 spiro atoms. The van der Waals surface area contributed by atoms with Crippen LogP contribution in [0.25, 0.3) is 0 Å². The molecule has 0 radical (unpaired) electrons. The van der Waals surface area contributed by atoms with E-state index < -0.39 is 48.1 Å². The number of nitrogens with zero attached hydrogens (tertiary/aromatic N) is 6. The number of hydrazone groups is 2. The molecule has 58 heavy (non-hydrogen) atoms. The molecule has 0 saturated carbocycles. The fourth-order valence-corrected chi connectivity index (χ4v) is 11.9. The third-order valence-corrected chi connectivity index (χ3v) is 14.3. The highest BCUT2D eigenvalue weighted by Crippen LogP contribution is 2.58. The summed E-state index contributed by atoms with van der Waals surface area (Å²) in [5.41, 5.74) is 4.65. The van der Waals surface area contributed by atoms with Gasteiger partial charge in [0.1, 0.15) is 0 Å². The Morgan fingerprint density at radius 1 is 0.448 bits per heavy atom. The number of imide groups is 2. The molecule has 4 bridgehead atoms. The Labute approximate surface area is 342 Å². The molecule has 290 valence electrons. The SMILES string of the molecule is O=C1[C@@H]2[C@@H]3O[C@@H]([C@H]4C(c5ccccc5Cl)=NN(c5ccccc5)[C@@H]34)[C@@H]2C(=O)N1CCN1C(=O)[C@@H]2[C@@H]3O[C@@H]([C@H]4C(c5ccccc5Cl)=NN(c5ccccc5)[C@@H]34)[C@@H]2C1=O. The number of ether oxygens (including phenoxy) is 2. The number of hydrogen-bond acceptors (Lipinski definition) is 10. The summed E-state index contributed by atoms with van der Waals surface area (Å²) in [6, 6.07) is 33.7. The van der Waals surface area contributed by atoms with E-state index in [-0.39, 0.29) is 60.6 Å². The number of benzene rings is 4. The Balaban J connectivity index is 0.814. The van der Waals surface area contributed by atoms with Gasteiger partial charge in [-0.3, -0.25) is 39.0 Å². The lowest BCUT2D eigenvalue weighted by molar-refractivity contribution is -0.148. The first-order valence-electron chi connectivity index (χ1n) is 19.7. The van der Waals surface area contributed by atoms with Crippen LogP contribution in [-0.2, 0) is 28.7 Å². The first kappa shape index (κ1) is 34.6. The van der Waals surface area contributed by atoms with Crippen LogP contribution in [0.15, 0.2) is 119 Å². The fourth-order valence-electron chi connectivity index (χ4n) is 11.4. The van der Waals surface area contributed by atoms with Gasteiger partial charge in [-0.05, 0) is 36.4 Å². The topological polar surface area (TPSA) is 124 Å². The normalized spacial score (nSPS) is 34.9. The molecule has 4 amide bonds. The summed E-state index contributed by atoms with van der Waals surface area (Å²) in [6.45, 7) is -0.203. The number of rotatable bonds is 7. The third-order valence-electron chi connectivity index (χ3n) is 13.7. The molecule has 0 N–H and O–H groups in total. The van der Waals surface area contributed by atoms with Gasteiger partial charge in [-0.2, -0.15) is 10.2 Å². The van der Waals surface area contributed by atoms with E-state index >= 15 is 0 Å². The van der Waals surface area contributed by atoms with Gasteiger partial charge in [0, 0.05) is 34.3 Å². The number of likely N-dealkylation sites (tertiary alicyclic amines) is 2. The van der Waals surface area contributed by atoms with E-state index in [9.17, 15) is 19.2 Å². The molecule has 6 saturated heterocycles. The van der Waals surface area contributed by atoms with Crippen molar-refractivity contribution in [1.82, 2.24) is 9.80 Å². The summed E-state index contributed by atoms with van der Waals surface area (Å²) in [7, 11) is 0. The quantitative estimate of drug-likeness (QED) is 0.242. The molecule has 14 heteroatoms. The monoisotopic (exact) mass is 812 g/mol. The Morgan fingerprint density at radius 3 is 1.17 bits per heavy atom. The van der Waals surface area contributed by atoms with Crippen LogP contribution in [0.2, 0.25) is 10.0 Å². The van der Waals surface area contributed by atoms with Gasteiger partial charge >= 0.3 is 0 Å². The highest BCUT2D eigenvalue weighted by atomic mass is 35.5. The van der Waals surface area contributed by atoms with Crippen LogP contribution in [0.1, 0.15) is 11.1 Å². The van der Waals surface area contributed by atoms with Crippen LogP contribution in [0.4, 0.5) is 11.4 Å². The molecule has 4 aromatic carbocycles. The number of halogens is 2. The van der Waals surface area contributed by atoms with Gasteiger partial charge in [-0.1, -0.05) is 96.0 Å². The zero-order valence-corrected chi connectivity index (χ0v) is 32.1. The first-order chi connectivity index (χ1) is 28.3. The molecule has 8 aliphatic rings. The first-order valence-corrected chi connectivity index (χ1v) is 20.4. The van der Waals surface area contributed by atoms with Crippen LogP contribution < -0.4 is 10.0 Å². The lowest BCUT2D eigenvalue weighted by atomic mass is 9.70. The van der Waals surface area contributed by atoms with E-state index in [0.717, 1.165) is 33.9 Å². The molecule has 8 aliphatic heterocycles. The minimum Gasteiger partial charge on any atom is -0.370 e. The summed E-state index contributed by atoms with van der Waals surface area (Å²) in [6.07, 6.45) is -2.41. The van der Waals surface area contributed by atoms with Crippen LogP contribution in [0, 0.1) is 35.5 Å². The minimum atomic E-state index is -0.721. The zero-order valence-electron chi connectivity index (χ0n) is 30.6. The summed E-state index contributed by atoms with van der Waals surface area (Å²) < 4.78 is 13.1. The van der Waals surface area contributed by atoms with Crippen molar-refractivity contribution in [2.45, 2.75) is 36.5 Å². The van der Waals surface area contributed by atoms with Crippen molar-refractivity contribution in [2.75, 3.05) is 23.1 Å². The average molecular weight is 814 g/mol. The maximum Gasteiger partial charge on any atom is 0.235 e. The Morgan fingerprint density at radius 2 is 0.793 bits per heavy atom. The number of amides is 4. The summed E-state index contributed by atoms with van der Waals surface area (Å²) in [5, 5.41) is 15.0. The molecule has 12 rings (SSSR count). The Hall–Kier alpha value is -5.40. The van der Waals surface area contributed by atoms with E-state index in [0.29, 0.717) is 10.0 Å². The van der Waals surface area contributed by atoms with Gasteiger partial charge in [-0.15, -0.1) is 0 Å². The standard InChI is InChI=1S/C44H34Cl2N6O6/c45-25-17-9-7-15-23(25)33-31-35(51(47-33)21-11-3-1-4-12-21)39-29-27(37(31)57-39)41(53)49(43(29)55)19-20-50-42(54)28-30(44(50)56)40-36-32(38(28)58-40)34(24-16-8-10-18-26(24)46)48-52(36)22-13-5-2-6-14-22/h1-18,27-32,35-40H,19-20H2/t27-,28-,29+,30+,31+,32+,35-,36-,37-,38-,39+,40+/m1/s1. The second kappa shape index (κ2) is 12.6. The highest BCUT2D eigenvalue weighted by Gasteiger charge is 2.74. The largest absolute Gasteiger partial charge is 0.370 e. The summed E-state index contributed by atoms with van der Waals surface area (Å²) in [4.78, 5) is 59.8. The van der Waals surface area contributed by atoms with Crippen LogP contribution in [0.3, 0.4) is 0 Å². The van der Waals surface area contributed by atoms with Gasteiger partial charge in [0.15, 0.2) is 0 Å². The van der Waals surface area contributed by atoms with Crippen molar-refractivity contribution in [3.8, 4) is 0 Å². The summed E-state index contributed by atoms with van der Waals surface area (Å²) in [5.74, 6) is -4.91. The van der Waals surface area contributed by atoms with Crippen LogP contribution in [-0.4, -0.2) is 94.4 Å². The molecule has 12 nitrogen and oxygen atoms in total.